The lowest BCUT2D eigenvalue weighted by Gasteiger charge is -2.46. The molecule has 0 saturated carbocycles. The normalized spacial score (nSPS) is 12.8. The lowest BCUT2D eigenvalue weighted by atomic mass is 10.3. The van der Waals surface area contributed by atoms with Crippen molar-refractivity contribution in [3.63, 3.8) is 0 Å². The second kappa shape index (κ2) is 11.0. The largest absolute Gasteiger partial charge is 0.122 e. The van der Waals surface area contributed by atoms with E-state index < -0.39 is 16.9 Å². The van der Waals surface area contributed by atoms with E-state index in [1.54, 1.807) is 10.4 Å². The second-order valence-electron chi connectivity index (χ2n) is 9.24. The van der Waals surface area contributed by atoms with E-state index in [1.807, 2.05) is 0 Å². The minimum absolute atomic E-state index is 0.589. The molecule has 0 aliphatic heterocycles. The van der Waals surface area contributed by atoms with E-state index in [1.165, 1.54) is 23.2 Å². The molecule has 0 bridgehead atoms. The fourth-order valence-electron chi connectivity index (χ4n) is 5.76. The highest BCUT2D eigenvalue weighted by Gasteiger charge is 2.50. The van der Waals surface area contributed by atoms with Gasteiger partial charge in [0.2, 0.25) is 0 Å². The first-order chi connectivity index (χ1) is 16.2. The lowest BCUT2D eigenvalue weighted by Crippen LogP contribution is -2.69. The van der Waals surface area contributed by atoms with Crippen molar-refractivity contribution < 1.29 is 0 Å². The van der Waals surface area contributed by atoms with Crippen molar-refractivity contribution in [3.8, 4) is 0 Å². The van der Waals surface area contributed by atoms with Crippen molar-refractivity contribution in [3.05, 3.63) is 121 Å². The maximum atomic E-state index is 2.49. The molecule has 167 valence electrons. The van der Waals surface area contributed by atoms with Gasteiger partial charge in [-0.05, 0) is 10.7 Å². The van der Waals surface area contributed by atoms with Crippen molar-refractivity contribution in [1.29, 1.82) is 0 Å². The Kier molecular flexibility index (Phi) is 7.79. The van der Waals surface area contributed by atoms with Gasteiger partial charge < -0.3 is 0 Å². The van der Waals surface area contributed by atoms with E-state index in [4.69, 9.17) is 0 Å². The Labute approximate surface area is 203 Å². The summed E-state index contributed by atoms with van der Waals surface area (Å²) in [6, 6.07) is 45.9. The molecule has 0 saturated heterocycles. The van der Waals surface area contributed by atoms with E-state index in [2.05, 4.69) is 142 Å². The highest BCUT2D eigenvalue weighted by molar-refractivity contribution is 7.13. The maximum Gasteiger partial charge on any atom is 0.122 e. The predicted octanol–water partition coefficient (Wildman–Crippen LogP) is 5.68. The lowest BCUT2D eigenvalue weighted by molar-refractivity contribution is 0.813. The molecule has 0 aliphatic rings. The van der Waals surface area contributed by atoms with E-state index in [-0.39, 0.29) is 0 Å². The monoisotopic (exact) mass is 463 g/mol. The van der Waals surface area contributed by atoms with Crippen LogP contribution in [-0.2, 0) is 0 Å². The zero-order chi connectivity index (χ0) is 23.1. The van der Waals surface area contributed by atoms with Crippen molar-refractivity contribution in [1.82, 2.24) is 0 Å². The quantitative estimate of drug-likeness (QED) is 0.280. The minimum atomic E-state index is -2.16. The molecule has 0 heterocycles. The first kappa shape index (κ1) is 23.5. The first-order valence-corrected chi connectivity index (χ1v) is 16.0. The van der Waals surface area contributed by atoms with E-state index >= 15 is 0 Å². The second-order valence-corrected chi connectivity index (χ2v) is 17.2. The van der Waals surface area contributed by atoms with Gasteiger partial charge in [0.25, 0.3) is 0 Å². The Bertz CT molecular complexity index is 1010. The van der Waals surface area contributed by atoms with Gasteiger partial charge in [0.15, 0.2) is 0 Å². The Hall–Kier alpha value is -2.69. The van der Waals surface area contributed by atoms with Gasteiger partial charge in [-0.25, -0.2) is 0 Å². The molecule has 0 fully saturated rings. The predicted molar refractivity (Wildman–Crippen MR) is 150 cm³/mol. The van der Waals surface area contributed by atoms with Crippen molar-refractivity contribution >= 4 is 37.6 Å². The van der Waals surface area contributed by atoms with Crippen LogP contribution in [0.2, 0.25) is 10.7 Å². The topological polar surface area (TPSA) is 0 Å². The van der Waals surface area contributed by atoms with Gasteiger partial charge in [-0.2, -0.15) is 0 Å². The molecule has 0 spiro atoms. The molecule has 0 aromatic heterocycles. The number of benzene rings is 4. The fraction of sp³-hybridized carbons (Fsp3) is 0.226. The van der Waals surface area contributed by atoms with Crippen molar-refractivity contribution in [2.45, 2.75) is 44.3 Å². The average molecular weight is 464 g/mol. The minimum Gasteiger partial charge on any atom is -0.0654 e. The third-order valence-corrected chi connectivity index (χ3v) is 18.0. The molecule has 1 atom stereocenters. The molecule has 33 heavy (non-hydrogen) atoms. The zero-order valence-corrected chi connectivity index (χ0v) is 22.1. The smallest absolute Gasteiger partial charge is 0.0654 e. The standard InChI is InChI=1S/C31H35Si2/c1-4-17-31(32(27-18-9-5-10-19-27)28-20-11-6-12-21-28)33(26(2)3,29-22-13-7-14-23-29)30-24-15-8-16-25-30/h5-16,18-26,31H,4,17H2,1-3H3. The summed E-state index contributed by atoms with van der Waals surface area (Å²) in [4.78, 5) is 0. The molecular formula is C31H35Si2. The fourth-order valence-corrected chi connectivity index (χ4v) is 18.9. The van der Waals surface area contributed by atoms with Crippen LogP contribution in [0.25, 0.3) is 0 Å². The third kappa shape index (κ3) is 4.69. The molecule has 0 aliphatic carbocycles. The number of hydrogen-bond acceptors (Lipinski definition) is 0. The van der Waals surface area contributed by atoms with Crippen molar-refractivity contribution in [2.75, 3.05) is 0 Å². The summed E-state index contributed by atoms with van der Waals surface area (Å²) in [7, 11) is -3.19. The van der Waals surface area contributed by atoms with Crippen LogP contribution in [0.5, 0.6) is 0 Å². The summed E-state index contributed by atoms with van der Waals surface area (Å²) < 4.78 is 0. The van der Waals surface area contributed by atoms with Crippen LogP contribution in [0.15, 0.2) is 121 Å². The molecule has 4 aromatic rings. The summed E-state index contributed by atoms with van der Waals surface area (Å²) in [5.41, 5.74) is 0.589. The van der Waals surface area contributed by atoms with Crippen LogP contribution in [0.4, 0.5) is 0 Å². The maximum absolute atomic E-state index is 2.49. The third-order valence-electron chi connectivity index (χ3n) is 7.06. The Balaban J connectivity index is 2.05. The summed E-state index contributed by atoms with van der Waals surface area (Å²) >= 11 is 0. The van der Waals surface area contributed by atoms with E-state index in [0.29, 0.717) is 10.7 Å². The molecule has 1 radical (unpaired) electrons. The van der Waals surface area contributed by atoms with Gasteiger partial charge in [0, 0.05) is 0 Å². The van der Waals surface area contributed by atoms with Crippen LogP contribution in [-0.4, -0.2) is 16.9 Å². The Morgan fingerprint density at radius 3 is 1.27 bits per heavy atom. The molecule has 2 heteroatoms. The van der Waals surface area contributed by atoms with Crippen LogP contribution in [0.3, 0.4) is 0 Å². The van der Waals surface area contributed by atoms with E-state index in [9.17, 15) is 0 Å². The van der Waals surface area contributed by atoms with Crippen LogP contribution < -0.4 is 20.7 Å². The summed E-state index contributed by atoms with van der Waals surface area (Å²) in [5.74, 6) is 0. The van der Waals surface area contributed by atoms with Gasteiger partial charge in [-0.3, -0.25) is 0 Å². The summed E-state index contributed by atoms with van der Waals surface area (Å²) in [6.45, 7) is 7.35. The van der Waals surface area contributed by atoms with E-state index in [0.717, 1.165) is 0 Å². The zero-order valence-electron chi connectivity index (χ0n) is 20.1. The molecule has 1 unspecified atom stereocenters. The Morgan fingerprint density at radius 2 is 0.939 bits per heavy atom. The highest BCUT2D eigenvalue weighted by Crippen LogP contribution is 2.37. The van der Waals surface area contributed by atoms with Gasteiger partial charge in [-0.15, -0.1) is 0 Å². The first-order valence-electron chi connectivity index (χ1n) is 12.3. The van der Waals surface area contributed by atoms with Crippen molar-refractivity contribution in [2.24, 2.45) is 0 Å². The number of rotatable bonds is 9. The molecule has 0 N–H and O–H groups in total. The molecule has 0 amide bonds. The van der Waals surface area contributed by atoms with Crippen LogP contribution >= 0.6 is 0 Å². The summed E-state index contributed by atoms with van der Waals surface area (Å²) in [5, 5.41) is 6.88. The van der Waals surface area contributed by atoms with Gasteiger partial charge in [0.1, 0.15) is 16.9 Å². The highest BCUT2D eigenvalue weighted by atomic mass is 28.4. The molecular weight excluding hydrogens is 429 g/mol. The molecule has 4 aromatic carbocycles. The van der Waals surface area contributed by atoms with Gasteiger partial charge in [-0.1, -0.05) is 176 Å². The average Bonchev–Trinajstić information content (AvgIpc) is 2.87. The van der Waals surface area contributed by atoms with Gasteiger partial charge in [0.05, 0.1) is 0 Å². The SMILES string of the molecule is CCCC([Si](c1ccccc1)c1ccccc1)[Si](c1ccccc1)(c1ccccc1)C(C)C. The molecule has 0 nitrogen and oxygen atoms in total. The number of hydrogen-bond donors (Lipinski definition) is 0. The van der Waals surface area contributed by atoms with Gasteiger partial charge >= 0.3 is 0 Å². The van der Waals surface area contributed by atoms with Crippen LogP contribution in [0.1, 0.15) is 33.6 Å². The summed E-state index contributed by atoms with van der Waals surface area (Å²) in [6.07, 6.45) is 2.46. The Morgan fingerprint density at radius 1 is 0.576 bits per heavy atom. The van der Waals surface area contributed by atoms with Crippen LogP contribution in [0, 0.1) is 0 Å². The molecule has 4 rings (SSSR count).